The minimum absolute atomic E-state index is 0.0561. The molecule has 0 atom stereocenters. The van der Waals surface area contributed by atoms with Crippen LogP contribution < -0.4 is 10.3 Å². The first kappa shape index (κ1) is 22.4. The van der Waals surface area contributed by atoms with Crippen LogP contribution in [0.2, 0.25) is 0 Å². The summed E-state index contributed by atoms with van der Waals surface area (Å²) in [6.45, 7) is 18.5. The van der Waals surface area contributed by atoms with Gasteiger partial charge >= 0.3 is 0 Å². The van der Waals surface area contributed by atoms with E-state index >= 15 is 0 Å². The van der Waals surface area contributed by atoms with Crippen molar-refractivity contribution < 1.29 is 4.57 Å². The number of imidazole rings is 1. The van der Waals surface area contributed by atoms with Crippen molar-refractivity contribution in [3.63, 3.8) is 0 Å². The van der Waals surface area contributed by atoms with Crippen LogP contribution in [-0.4, -0.2) is 12.4 Å². The topological polar surface area (TPSA) is 8.81 Å². The fourth-order valence-corrected chi connectivity index (χ4v) is 4.14. The van der Waals surface area contributed by atoms with Crippen LogP contribution in [0.3, 0.4) is 0 Å². The van der Waals surface area contributed by atoms with Crippen molar-refractivity contribution in [3.05, 3.63) is 71.0 Å². The van der Waals surface area contributed by atoms with Crippen LogP contribution in [0.1, 0.15) is 101 Å². The molecule has 2 nitrogen and oxygen atoms in total. The number of aromatic nitrogens is 2. The molecule has 160 valence electrons. The van der Waals surface area contributed by atoms with Crippen LogP contribution in [0.25, 0.3) is 11.4 Å². The minimum atomic E-state index is -0.0561. The molecule has 0 spiro atoms. The van der Waals surface area contributed by atoms with Gasteiger partial charge in [0.1, 0.15) is 23.8 Å². The SMILES string of the molecule is [BH3-]c1n(-c2c(C(C)C)cccc2C(C)C)cc[n+]1-c1c(C(C)C)cccc1C(C)C. The normalized spacial score (nSPS) is 12.0. The first-order chi connectivity index (χ1) is 14.1. The van der Waals surface area contributed by atoms with E-state index in [-0.39, 0.29) is 7.85 Å². The molecule has 1 aromatic heterocycles. The van der Waals surface area contributed by atoms with E-state index in [4.69, 9.17) is 0 Å². The molecule has 0 aliphatic heterocycles. The van der Waals surface area contributed by atoms with Crippen molar-refractivity contribution in [1.29, 1.82) is 0 Å². The number of benzene rings is 2. The monoisotopic (exact) mass is 402 g/mol. The fraction of sp³-hybridized carbons (Fsp3) is 0.444. The molecule has 30 heavy (non-hydrogen) atoms. The van der Waals surface area contributed by atoms with Gasteiger partial charge in [-0.25, -0.2) is 9.13 Å². The standard InChI is InChI=1S/C27H39BN2/c1-17(2)21-11-9-12-22(18(3)4)25(21)29-15-16-30(27(29)28)26-23(19(5)6)13-10-14-24(26)20(7)8/h9-20H,1-8,28H3. The molecule has 0 fully saturated rings. The molecule has 1 heterocycles. The van der Waals surface area contributed by atoms with Gasteiger partial charge in [0.15, 0.2) is 0 Å². The molecule has 0 N–H and O–H groups in total. The number of hydrogen-bond donors (Lipinski definition) is 0. The minimum Gasteiger partial charge on any atom is -0.237 e. The highest BCUT2D eigenvalue weighted by Crippen LogP contribution is 2.31. The van der Waals surface area contributed by atoms with Crippen molar-refractivity contribution in [3.8, 4) is 11.4 Å². The number of para-hydroxylation sites is 2. The molecular formula is C27H39BN2. The second-order valence-electron chi connectivity index (χ2n) is 9.33. The van der Waals surface area contributed by atoms with Gasteiger partial charge in [0.2, 0.25) is 0 Å². The third-order valence-electron chi connectivity index (χ3n) is 5.75. The van der Waals surface area contributed by atoms with Crippen LogP contribution in [-0.2, 0) is 0 Å². The van der Waals surface area contributed by atoms with E-state index in [1.54, 1.807) is 0 Å². The average Bonchev–Trinajstić information content (AvgIpc) is 3.07. The number of rotatable bonds is 6. The van der Waals surface area contributed by atoms with Gasteiger partial charge in [-0.3, -0.25) is 0 Å². The van der Waals surface area contributed by atoms with Crippen molar-refractivity contribution in [2.24, 2.45) is 0 Å². The summed E-state index contributed by atoms with van der Waals surface area (Å²) in [4.78, 5) is 0. The average molecular weight is 402 g/mol. The lowest BCUT2D eigenvalue weighted by Gasteiger charge is -2.20. The molecule has 0 aliphatic rings. The van der Waals surface area contributed by atoms with Gasteiger partial charge < -0.3 is 0 Å². The summed E-state index contributed by atoms with van der Waals surface area (Å²) in [5, 5.41) is 0. The molecule has 0 saturated carbocycles. The van der Waals surface area contributed by atoms with Crippen LogP contribution in [0.4, 0.5) is 0 Å². The lowest BCUT2D eigenvalue weighted by molar-refractivity contribution is -0.576. The van der Waals surface area contributed by atoms with Gasteiger partial charge in [0, 0.05) is 22.3 Å². The molecule has 3 heteroatoms. The van der Waals surface area contributed by atoms with E-state index in [1.165, 1.54) is 39.4 Å². The fourth-order valence-electron chi connectivity index (χ4n) is 4.14. The predicted molar refractivity (Wildman–Crippen MR) is 133 cm³/mol. The highest BCUT2D eigenvalue weighted by molar-refractivity contribution is 6.28. The van der Waals surface area contributed by atoms with Crippen molar-refractivity contribution >= 4 is 13.6 Å². The Kier molecular flexibility index (Phi) is 6.60. The number of hydrogen-bond acceptors (Lipinski definition) is 0. The highest BCUT2D eigenvalue weighted by atomic mass is 15.1. The summed E-state index contributed by atoms with van der Waals surface area (Å²) >= 11 is 0. The second-order valence-corrected chi connectivity index (χ2v) is 9.33. The molecular weight excluding hydrogens is 363 g/mol. The molecule has 2 aromatic carbocycles. The van der Waals surface area contributed by atoms with Gasteiger partial charge in [-0.2, -0.15) is 0 Å². The summed E-state index contributed by atoms with van der Waals surface area (Å²) in [6.07, 6.45) is 4.63. The first-order valence-electron chi connectivity index (χ1n) is 11.0. The Bertz CT molecular complexity index is 892. The van der Waals surface area contributed by atoms with Gasteiger partial charge in [0.05, 0.1) is 13.6 Å². The molecule has 0 aliphatic carbocycles. The maximum absolute atomic E-state index is 2.52. The lowest BCUT2D eigenvalue weighted by Crippen LogP contribution is -2.49. The zero-order valence-corrected chi connectivity index (χ0v) is 19.3. The van der Waals surface area contributed by atoms with Crippen LogP contribution in [0.5, 0.6) is 0 Å². The van der Waals surface area contributed by atoms with Crippen molar-refractivity contribution in [2.45, 2.75) is 79.1 Å². The maximum atomic E-state index is 2.52. The lowest BCUT2D eigenvalue weighted by atomic mass is 9.91. The first-order valence-corrected chi connectivity index (χ1v) is 11.0. The van der Waals surface area contributed by atoms with E-state index in [2.05, 4.69) is 113 Å². The molecule has 0 saturated heterocycles. The molecule has 0 radical (unpaired) electrons. The zero-order valence-electron chi connectivity index (χ0n) is 19.3. The molecule has 0 bridgehead atoms. The van der Waals surface area contributed by atoms with Crippen molar-refractivity contribution in [2.75, 3.05) is 0 Å². The van der Waals surface area contributed by atoms with E-state index in [1.807, 2.05) is 0 Å². The molecule has 3 aromatic rings. The molecule has 0 amide bonds. The summed E-state index contributed by atoms with van der Waals surface area (Å²) in [7, 11) is -0.0561. The predicted octanol–water partition coefficient (Wildman–Crippen LogP) is 5.24. The molecule has 3 rings (SSSR count). The van der Waals surface area contributed by atoms with E-state index < -0.39 is 0 Å². The van der Waals surface area contributed by atoms with Crippen molar-refractivity contribution in [1.82, 2.24) is 4.57 Å². The Balaban J connectivity index is 2.32. The second kappa shape index (κ2) is 8.84. The van der Waals surface area contributed by atoms with Crippen LogP contribution >= 0.6 is 0 Å². The molecule has 0 unspecified atom stereocenters. The highest BCUT2D eigenvalue weighted by Gasteiger charge is 2.24. The third-order valence-corrected chi connectivity index (χ3v) is 5.75. The largest absolute Gasteiger partial charge is 0.237 e. The number of nitrogens with zero attached hydrogens (tertiary/aromatic N) is 2. The van der Waals surface area contributed by atoms with Crippen LogP contribution in [0, 0.1) is 0 Å². The quantitative estimate of drug-likeness (QED) is 0.394. The summed E-state index contributed by atoms with van der Waals surface area (Å²) < 4.78 is 5.04. The Morgan fingerprint density at radius 3 is 1.47 bits per heavy atom. The van der Waals surface area contributed by atoms with E-state index in [0.717, 1.165) is 0 Å². The summed E-state index contributed by atoms with van der Waals surface area (Å²) in [5.74, 6) is 2.01. The van der Waals surface area contributed by atoms with Crippen LogP contribution in [0.15, 0.2) is 48.8 Å². The summed E-state index contributed by atoms with van der Waals surface area (Å²) in [6, 6.07) is 13.7. The Hall–Kier alpha value is -2.29. The van der Waals surface area contributed by atoms with Gasteiger partial charge in [-0.15, -0.1) is 0 Å². The summed E-state index contributed by atoms with van der Waals surface area (Å²) in [5.41, 5.74) is 10.1. The Labute approximate surface area is 184 Å². The Morgan fingerprint density at radius 2 is 1.07 bits per heavy atom. The van der Waals surface area contributed by atoms with E-state index in [9.17, 15) is 0 Å². The van der Waals surface area contributed by atoms with Gasteiger partial charge in [-0.05, 0) is 23.7 Å². The third kappa shape index (κ3) is 3.99. The van der Waals surface area contributed by atoms with Gasteiger partial charge in [0.25, 0.3) is 0 Å². The Morgan fingerprint density at radius 1 is 0.667 bits per heavy atom. The smallest absolute Gasteiger partial charge is 0.135 e. The maximum Gasteiger partial charge on any atom is 0.135 e. The zero-order chi connectivity index (χ0) is 22.2. The van der Waals surface area contributed by atoms with Gasteiger partial charge in [-0.1, -0.05) is 91.8 Å². The van der Waals surface area contributed by atoms with E-state index in [0.29, 0.717) is 23.7 Å².